The average molecular weight is 775 g/mol. The zero-order chi connectivity index (χ0) is 40.6. The van der Waals surface area contributed by atoms with Crippen molar-refractivity contribution in [3.05, 3.63) is 0 Å². The fourth-order valence-corrected chi connectivity index (χ4v) is 11.0. The maximum absolute atomic E-state index is 14.7. The normalized spacial score (nSPS) is 32.7. The number of nitrogens with zero attached hydrogens (tertiary/aromatic N) is 2. The van der Waals surface area contributed by atoms with E-state index in [2.05, 4.69) is 12.2 Å². The lowest BCUT2D eigenvalue weighted by Gasteiger charge is -2.39. The molecule has 4 N–H and O–H groups in total. The SMILES string of the molecule is CC1C2CC(C(=O)O)C(C2)C1CC(CC(C)(CC(CC(C)(C)C(=O)NCCCN(C)C)C(=O)OCCN(C)C)C(=O)OC1C2CC3C(=O)OC1C3C2)C(N)=O. The molecule has 1 aliphatic heterocycles. The van der Waals surface area contributed by atoms with Crippen molar-refractivity contribution in [2.75, 3.05) is 54.4 Å². The molecule has 0 radical (unpaired) electrons. The van der Waals surface area contributed by atoms with Crippen LogP contribution in [0, 0.1) is 70.0 Å². The van der Waals surface area contributed by atoms with Gasteiger partial charge in [0.05, 0.1) is 23.2 Å². The van der Waals surface area contributed by atoms with E-state index < -0.39 is 64.6 Å². The first-order valence-corrected chi connectivity index (χ1v) is 20.4. The number of carboxylic acid groups (broad SMARTS) is 1. The topological polar surface area (TPSA) is 195 Å². The number of hydrogen-bond donors (Lipinski definition) is 3. The van der Waals surface area contributed by atoms with E-state index in [4.69, 9.17) is 19.9 Å². The standard InChI is InChI=1S/C41H66N4O10/c1-22-23-14-28(30(15-23)35(47)48)27(22)18-25(34(42)46)20-41(4,39(52)55-32-24-16-29-31(17-24)37(50)54-33(29)32)21-26(36(49)53-13-12-45(7)8)19-40(2,3)38(51)43-10-9-11-44(5)6/h22-33H,9-21H2,1-8H3,(H2,42,46)(H,43,51)(H,47,48). The molecule has 13 unspecified atom stereocenters. The van der Waals surface area contributed by atoms with E-state index >= 15 is 0 Å². The zero-order valence-electron chi connectivity index (χ0n) is 34.2. The van der Waals surface area contributed by atoms with Crippen LogP contribution < -0.4 is 11.1 Å². The molecule has 4 bridgehead atoms. The molecule has 1 heterocycles. The predicted octanol–water partition coefficient (Wildman–Crippen LogP) is 2.96. The summed E-state index contributed by atoms with van der Waals surface area (Å²) >= 11 is 0. The second-order valence-electron chi connectivity index (χ2n) is 19.1. The van der Waals surface area contributed by atoms with Crippen molar-refractivity contribution in [1.82, 2.24) is 15.1 Å². The van der Waals surface area contributed by atoms with Gasteiger partial charge in [-0.15, -0.1) is 0 Å². The third-order valence-electron chi connectivity index (χ3n) is 14.0. The molecule has 0 aromatic rings. The van der Waals surface area contributed by atoms with Crippen LogP contribution in [-0.4, -0.2) is 117 Å². The van der Waals surface area contributed by atoms with Crippen molar-refractivity contribution in [3.8, 4) is 0 Å². The molecule has 13 atom stereocenters. The van der Waals surface area contributed by atoms with Gasteiger partial charge in [-0.05, 0) is 123 Å². The summed E-state index contributed by atoms with van der Waals surface area (Å²) in [4.78, 5) is 84.4. The van der Waals surface area contributed by atoms with Crippen LogP contribution in [0.3, 0.4) is 0 Å². The van der Waals surface area contributed by atoms with Gasteiger partial charge in [0.1, 0.15) is 18.8 Å². The number of aliphatic carboxylic acids is 1. The lowest BCUT2D eigenvalue weighted by Crippen LogP contribution is -2.46. The average Bonchev–Trinajstić information content (AvgIpc) is 3.89. The number of hydrogen-bond acceptors (Lipinski definition) is 11. The minimum absolute atomic E-state index is 0.00200. The highest BCUT2D eigenvalue weighted by atomic mass is 16.6. The molecule has 14 nitrogen and oxygen atoms in total. The molecule has 0 spiro atoms. The van der Waals surface area contributed by atoms with Gasteiger partial charge in [-0.3, -0.25) is 28.8 Å². The minimum atomic E-state index is -1.44. The third-order valence-corrected chi connectivity index (χ3v) is 14.0. The van der Waals surface area contributed by atoms with Crippen LogP contribution in [0.1, 0.15) is 85.5 Å². The molecule has 14 heteroatoms. The molecule has 0 aromatic heterocycles. The molecule has 2 amide bonds. The maximum Gasteiger partial charge on any atom is 0.312 e. The van der Waals surface area contributed by atoms with Crippen molar-refractivity contribution < 1.29 is 48.1 Å². The molecule has 4 saturated carbocycles. The summed E-state index contributed by atoms with van der Waals surface area (Å²) in [5.41, 5.74) is 3.65. The number of carboxylic acids is 1. The summed E-state index contributed by atoms with van der Waals surface area (Å²) in [6.07, 6.45) is 2.58. The zero-order valence-corrected chi connectivity index (χ0v) is 34.2. The summed E-state index contributed by atoms with van der Waals surface area (Å²) < 4.78 is 17.8. The van der Waals surface area contributed by atoms with Gasteiger partial charge in [-0.2, -0.15) is 0 Å². The third kappa shape index (κ3) is 9.48. The van der Waals surface area contributed by atoms with Gasteiger partial charge in [0.2, 0.25) is 11.8 Å². The van der Waals surface area contributed by atoms with E-state index in [-0.39, 0.29) is 79.2 Å². The Hall–Kier alpha value is -3.26. The van der Waals surface area contributed by atoms with Crippen LogP contribution in [-0.2, 0) is 43.0 Å². The number of amides is 2. The number of ether oxygens (including phenoxy) is 3. The number of likely N-dealkylation sites (N-methyl/N-ethyl adjacent to an activating group) is 1. The molecule has 5 rings (SSSR count). The molecule has 55 heavy (non-hydrogen) atoms. The summed E-state index contributed by atoms with van der Waals surface area (Å²) in [5.74, 6) is -5.23. The molecule has 1 saturated heterocycles. The van der Waals surface area contributed by atoms with Gasteiger partial charge in [0.25, 0.3) is 0 Å². The highest BCUT2D eigenvalue weighted by Crippen LogP contribution is 2.58. The second-order valence-corrected chi connectivity index (χ2v) is 19.1. The van der Waals surface area contributed by atoms with Crippen molar-refractivity contribution in [2.24, 2.45) is 75.7 Å². The van der Waals surface area contributed by atoms with E-state index in [0.717, 1.165) is 25.8 Å². The van der Waals surface area contributed by atoms with Gasteiger partial charge >= 0.3 is 23.9 Å². The Bertz CT molecular complexity index is 1470. The van der Waals surface area contributed by atoms with Gasteiger partial charge in [-0.1, -0.05) is 20.8 Å². The van der Waals surface area contributed by atoms with Crippen LogP contribution >= 0.6 is 0 Å². The van der Waals surface area contributed by atoms with Crippen molar-refractivity contribution in [2.45, 2.75) is 97.7 Å². The summed E-state index contributed by atoms with van der Waals surface area (Å²) in [7, 11) is 7.65. The Morgan fingerprint density at radius 3 is 2.20 bits per heavy atom. The Morgan fingerprint density at radius 2 is 1.58 bits per heavy atom. The van der Waals surface area contributed by atoms with Gasteiger partial charge in [0, 0.05) is 36.3 Å². The van der Waals surface area contributed by atoms with E-state index in [0.29, 0.717) is 32.4 Å². The molecule has 5 fully saturated rings. The first kappa shape index (κ1) is 42.9. The highest BCUT2D eigenvalue weighted by molar-refractivity contribution is 5.84. The largest absolute Gasteiger partial charge is 0.481 e. The Morgan fingerprint density at radius 1 is 0.927 bits per heavy atom. The Labute approximate surface area is 326 Å². The van der Waals surface area contributed by atoms with E-state index in [1.807, 2.05) is 38.0 Å². The molecular weight excluding hydrogens is 708 g/mol. The second kappa shape index (κ2) is 17.1. The van der Waals surface area contributed by atoms with Crippen molar-refractivity contribution >= 4 is 35.7 Å². The first-order chi connectivity index (χ1) is 25.7. The number of primary amides is 1. The van der Waals surface area contributed by atoms with Crippen LogP contribution in [0.4, 0.5) is 0 Å². The smallest absolute Gasteiger partial charge is 0.312 e. The van der Waals surface area contributed by atoms with E-state index in [9.17, 15) is 33.9 Å². The lowest BCUT2D eigenvalue weighted by atomic mass is 9.66. The number of rotatable bonds is 21. The number of esters is 3. The van der Waals surface area contributed by atoms with Crippen LogP contribution in [0.15, 0.2) is 0 Å². The van der Waals surface area contributed by atoms with Crippen LogP contribution in [0.2, 0.25) is 0 Å². The highest BCUT2D eigenvalue weighted by Gasteiger charge is 2.64. The van der Waals surface area contributed by atoms with E-state index in [1.54, 1.807) is 20.8 Å². The molecule has 4 aliphatic carbocycles. The summed E-state index contributed by atoms with van der Waals surface area (Å²) in [6.45, 7) is 9.18. The number of carbonyl (C=O) groups excluding carboxylic acids is 5. The summed E-state index contributed by atoms with van der Waals surface area (Å²) in [5, 5.41) is 13.0. The molecular formula is C41H66N4O10. The predicted molar refractivity (Wildman–Crippen MR) is 202 cm³/mol. The van der Waals surface area contributed by atoms with Gasteiger partial charge in [-0.25, -0.2) is 0 Å². The maximum atomic E-state index is 14.7. The first-order valence-electron chi connectivity index (χ1n) is 20.4. The number of nitrogens with one attached hydrogen (secondary N) is 1. The minimum Gasteiger partial charge on any atom is -0.481 e. The Balaban J connectivity index is 1.42. The van der Waals surface area contributed by atoms with Gasteiger partial charge < -0.3 is 40.2 Å². The quantitative estimate of drug-likeness (QED) is 0.0879. The number of fused-ring (bicyclic) bond motifs is 3. The van der Waals surface area contributed by atoms with Gasteiger partial charge in [0.15, 0.2) is 0 Å². The fourth-order valence-electron chi connectivity index (χ4n) is 11.0. The molecule has 5 aliphatic rings. The lowest BCUT2D eigenvalue weighted by molar-refractivity contribution is -0.175. The van der Waals surface area contributed by atoms with Crippen molar-refractivity contribution in [3.63, 3.8) is 0 Å². The monoisotopic (exact) mass is 774 g/mol. The number of carbonyl (C=O) groups is 6. The Kier molecular flexibility index (Phi) is 13.3. The molecule has 0 aromatic carbocycles. The summed E-state index contributed by atoms with van der Waals surface area (Å²) in [6, 6.07) is 0. The van der Waals surface area contributed by atoms with Crippen LogP contribution in [0.25, 0.3) is 0 Å². The van der Waals surface area contributed by atoms with Crippen LogP contribution in [0.5, 0.6) is 0 Å². The number of nitrogens with two attached hydrogens (primary N) is 1. The fraction of sp³-hybridized carbons (Fsp3) is 0.854. The molecule has 310 valence electrons. The van der Waals surface area contributed by atoms with E-state index in [1.165, 1.54) is 0 Å². The van der Waals surface area contributed by atoms with Crippen molar-refractivity contribution in [1.29, 1.82) is 0 Å².